The molecule has 0 aromatic rings. The molecule has 0 spiro atoms. The van der Waals surface area contributed by atoms with Crippen molar-refractivity contribution in [2.75, 3.05) is 0 Å². The lowest BCUT2D eigenvalue weighted by molar-refractivity contribution is 0.303. The lowest BCUT2D eigenvalue weighted by atomic mass is 9.84. The topological polar surface area (TPSA) is 0 Å². The predicted octanol–water partition coefficient (Wildman–Crippen LogP) is 5.81. The van der Waals surface area contributed by atoms with Gasteiger partial charge < -0.3 is 0 Å². The Bertz CT molecular complexity index is 151. The summed E-state index contributed by atoms with van der Waals surface area (Å²) in [5.74, 6) is 2.98. The fourth-order valence-electron chi connectivity index (χ4n) is 3.13. The van der Waals surface area contributed by atoms with Crippen LogP contribution in [0.2, 0.25) is 0 Å². The summed E-state index contributed by atoms with van der Waals surface area (Å²) in [6.07, 6.45) is 14.9. The zero-order valence-electron chi connectivity index (χ0n) is 11.8. The standard InChI is InChI=1S/C16H32/c1-4-15(12-11-14(2)3)13-16-9-7-5-6-8-10-16/h14-16H,4-13H2,1-3H3. The highest BCUT2D eigenvalue weighted by atomic mass is 14.2. The second-order valence-corrected chi connectivity index (χ2v) is 6.34. The molecule has 16 heavy (non-hydrogen) atoms. The molecule has 0 aromatic carbocycles. The minimum Gasteiger partial charge on any atom is -0.0651 e. The molecule has 0 aromatic heterocycles. The van der Waals surface area contributed by atoms with E-state index < -0.39 is 0 Å². The van der Waals surface area contributed by atoms with Crippen molar-refractivity contribution in [2.24, 2.45) is 17.8 Å². The smallest absolute Gasteiger partial charge is 0.0412 e. The van der Waals surface area contributed by atoms with Gasteiger partial charge in [0.05, 0.1) is 0 Å². The van der Waals surface area contributed by atoms with Crippen molar-refractivity contribution < 1.29 is 0 Å². The van der Waals surface area contributed by atoms with Crippen LogP contribution >= 0.6 is 0 Å². The van der Waals surface area contributed by atoms with Crippen molar-refractivity contribution in [1.82, 2.24) is 0 Å². The summed E-state index contributed by atoms with van der Waals surface area (Å²) in [7, 11) is 0. The van der Waals surface area contributed by atoms with Crippen molar-refractivity contribution in [3.8, 4) is 0 Å². The molecule has 0 saturated heterocycles. The Morgan fingerprint density at radius 1 is 0.938 bits per heavy atom. The lowest BCUT2D eigenvalue weighted by Gasteiger charge is -2.22. The minimum absolute atomic E-state index is 0.892. The Balaban J connectivity index is 2.24. The van der Waals surface area contributed by atoms with E-state index >= 15 is 0 Å². The highest BCUT2D eigenvalue weighted by Gasteiger charge is 2.17. The van der Waals surface area contributed by atoms with E-state index in [4.69, 9.17) is 0 Å². The van der Waals surface area contributed by atoms with Crippen LogP contribution in [0, 0.1) is 17.8 Å². The van der Waals surface area contributed by atoms with Gasteiger partial charge in [-0.15, -0.1) is 0 Å². The van der Waals surface area contributed by atoms with E-state index in [0.717, 1.165) is 17.8 Å². The van der Waals surface area contributed by atoms with Gasteiger partial charge in [0.15, 0.2) is 0 Å². The van der Waals surface area contributed by atoms with Crippen LogP contribution in [0.15, 0.2) is 0 Å². The molecule has 0 heterocycles. The Kier molecular flexibility index (Phi) is 7.16. The SMILES string of the molecule is CCC(CCC(C)C)CC1CCCCCC1. The second kappa shape index (κ2) is 8.14. The first-order valence-electron chi connectivity index (χ1n) is 7.72. The largest absolute Gasteiger partial charge is 0.0651 e. The summed E-state index contributed by atoms with van der Waals surface area (Å²) in [6.45, 7) is 7.11. The van der Waals surface area contributed by atoms with Gasteiger partial charge in [-0.05, 0) is 24.2 Å². The van der Waals surface area contributed by atoms with E-state index in [0.29, 0.717) is 0 Å². The van der Waals surface area contributed by atoms with Gasteiger partial charge in [0.2, 0.25) is 0 Å². The zero-order valence-corrected chi connectivity index (χ0v) is 11.8. The van der Waals surface area contributed by atoms with E-state index in [9.17, 15) is 0 Å². The van der Waals surface area contributed by atoms with Gasteiger partial charge in [-0.1, -0.05) is 78.6 Å². The average molecular weight is 224 g/mol. The maximum atomic E-state index is 2.39. The Morgan fingerprint density at radius 3 is 2.06 bits per heavy atom. The molecule has 0 N–H and O–H groups in total. The molecule has 1 saturated carbocycles. The Hall–Kier alpha value is 0. The van der Waals surface area contributed by atoms with Crippen LogP contribution in [0.25, 0.3) is 0 Å². The molecule has 0 nitrogen and oxygen atoms in total. The van der Waals surface area contributed by atoms with Gasteiger partial charge in [0.1, 0.15) is 0 Å². The normalized spacial score (nSPS) is 21.0. The summed E-state index contributed by atoms with van der Waals surface area (Å²) in [5, 5.41) is 0. The molecule has 1 fully saturated rings. The van der Waals surface area contributed by atoms with Gasteiger partial charge in [-0.25, -0.2) is 0 Å². The monoisotopic (exact) mass is 224 g/mol. The van der Waals surface area contributed by atoms with E-state index in [2.05, 4.69) is 20.8 Å². The van der Waals surface area contributed by atoms with E-state index in [-0.39, 0.29) is 0 Å². The number of hydrogen-bond donors (Lipinski definition) is 0. The molecule has 1 aliphatic rings. The Labute approximate surface area is 103 Å². The molecule has 0 heteroatoms. The van der Waals surface area contributed by atoms with Crippen LogP contribution < -0.4 is 0 Å². The molecule has 1 atom stereocenters. The van der Waals surface area contributed by atoms with Crippen LogP contribution in [-0.4, -0.2) is 0 Å². The third-order valence-corrected chi connectivity index (χ3v) is 4.37. The molecule has 1 unspecified atom stereocenters. The van der Waals surface area contributed by atoms with Gasteiger partial charge in [-0.3, -0.25) is 0 Å². The van der Waals surface area contributed by atoms with Crippen LogP contribution in [-0.2, 0) is 0 Å². The Morgan fingerprint density at radius 2 is 1.56 bits per heavy atom. The van der Waals surface area contributed by atoms with Crippen LogP contribution in [0.3, 0.4) is 0 Å². The molecular formula is C16H32. The molecular weight excluding hydrogens is 192 g/mol. The van der Waals surface area contributed by atoms with E-state index in [1.54, 1.807) is 0 Å². The summed E-state index contributed by atoms with van der Waals surface area (Å²) < 4.78 is 0. The maximum absolute atomic E-state index is 2.39. The van der Waals surface area contributed by atoms with Crippen molar-refractivity contribution in [3.63, 3.8) is 0 Å². The lowest BCUT2D eigenvalue weighted by Crippen LogP contribution is -2.09. The van der Waals surface area contributed by atoms with Gasteiger partial charge in [0.25, 0.3) is 0 Å². The second-order valence-electron chi connectivity index (χ2n) is 6.34. The summed E-state index contributed by atoms with van der Waals surface area (Å²) >= 11 is 0. The highest BCUT2D eigenvalue weighted by Crippen LogP contribution is 2.31. The van der Waals surface area contributed by atoms with Crippen molar-refractivity contribution in [3.05, 3.63) is 0 Å². The quantitative estimate of drug-likeness (QED) is 0.499. The fraction of sp³-hybridized carbons (Fsp3) is 1.00. The van der Waals surface area contributed by atoms with Crippen LogP contribution in [0.4, 0.5) is 0 Å². The van der Waals surface area contributed by atoms with Gasteiger partial charge >= 0.3 is 0 Å². The van der Waals surface area contributed by atoms with Crippen LogP contribution in [0.5, 0.6) is 0 Å². The van der Waals surface area contributed by atoms with E-state index in [1.165, 1.54) is 64.2 Å². The average Bonchev–Trinajstić information content (AvgIpc) is 2.52. The molecule has 1 aliphatic carbocycles. The van der Waals surface area contributed by atoms with Crippen molar-refractivity contribution in [2.45, 2.75) is 85.0 Å². The summed E-state index contributed by atoms with van der Waals surface area (Å²) in [4.78, 5) is 0. The summed E-state index contributed by atoms with van der Waals surface area (Å²) in [6, 6.07) is 0. The van der Waals surface area contributed by atoms with Crippen LogP contribution in [0.1, 0.15) is 85.0 Å². The molecule has 0 bridgehead atoms. The zero-order chi connectivity index (χ0) is 11.8. The van der Waals surface area contributed by atoms with Crippen molar-refractivity contribution >= 4 is 0 Å². The van der Waals surface area contributed by atoms with Gasteiger partial charge in [-0.2, -0.15) is 0 Å². The number of hydrogen-bond acceptors (Lipinski definition) is 0. The summed E-state index contributed by atoms with van der Waals surface area (Å²) in [5.41, 5.74) is 0. The molecule has 0 aliphatic heterocycles. The maximum Gasteiger partial charge on any atom is -0.0412 e. The first kappa shape index (κ1) is 14.1. The van der Waals surface area contributed by atoms with Gasteiger partial charge in [0, 0.05) is 0 Å². The predicted molar refractivity (Wildman–Crippen MR) is 73.7 cm³/mol. The molecule has 96 valence electrons. The third kappa shape index (κ3) is 5.92. The first-order chi connectivity index (χ1) is 7.72. The fourth-order valence-corrected chi connectivity index (χ4v) is 3.13. The van der Waals surface area contributed by atoms with E-state index in [1.807, 2.05) is 0 Å². The number of rotatable bonds is 6. The third-order valence-electron chi connectivity index (χ3n) is 4.37. The highest BCUT2D eigenvalue weighted by molar-refractivity contribution is 4.69. The molecule has 0 amide bonds. The molecule has 1 rings (SSSR count). The minimum atomic E-state index is 0.892. The van der Waals surface area contributed by atoms with Crippen molar-refractivity contribution in [1.29, 1.82) is 0 Å². The first-order valence-corrected chi connectivity index (χ1v) is 7.72. The molecule has 0 radical (unpaired) electrons.